The first kappa shape index (κ1) is 19.8. The number of anilines is 3. The van der Waals surface area contributed by atoms with Crippen molar-refractivity contribution in [1.82, 2.24) is 25.1 Å². The van der Waals surface area contributed by atoms with E-state index >= 15 is 0 Å². The molecule has 0 spiro atoms. The highest BCUT2D eigenvalue weighted by Crippen LogP contribution is 2.37. The van der Waals surface area contributed by atoms with Gasteiger partial charge in [-0.2, -0.15) is 10.4 Å². The molecule has 160 valence electrons. The number of rotatable bonds is 6. The van der Waals surface area contributed by atoms with Gasteiger partial charge in [0.15, 0.2) is 5.82 Å². The van der Waals surface area contributed by atoms with Gasteiger partial charge in [-0.1, -0.05) is 0 Å². The number of fused-ring (bicyclic) bond motifs is 3. The number of aromatic nitrogens is 4. The Morgan fingerprint density at radius 2 is 2.03 bits per heavy atom. The second-order valence-electron chi connectivity index (χ2n) is 8.72. The molecule has 0 radical (unpaired) electrons. The summed E-state index contributed by atoms with van der Waals surface area (Å²) >= 11 is 0. The maximum absolute atomic E-state index is 8.97. The van der Waals surface area contributed by atoms with Crippen molar-refractivity contribution in [2.45, 2.75) is 64.1 Å². The molecule has 3 aromatic heterocycles. The summed E-state index contributed by atoms with van der Waals surface area (Å²) in [6.07, 6.45) is 7.05. The fourth-order valence-electron chi connectivity index (χ4n) is 5.11. The summed E-state index contributed by atoms with van der Waals surface area (Å²) in [4.78, 5) is 12.0. The molecule has 2 aliphatic heterocycles. The molecule has 2 aliphatic rings. The van der Waals surface area contributed by atoms with Crippen molar-refractivity contribution in [2.24, 2.45) is 0 Å². The van der Waals surface area contributed by atoms with Gasteiger partial charge in [0.25, 0.3) is 0 Å². The van der Waals surface area contributed by atoms with Gasteiger partial charge in [-0.05, 0) is 51.7 Å². The Morgan fingerprint density at radius 3 is 2.74 bits per heavy atom. The van der Waals surface area contributed by atoms with E-state index in [1.165, 1.54) is 12.8 Å². The van der Waals surface area contributed by atoms with Gasteiger partial charge < -0.3 is 10.6 Å². The van der Waals surface area contributed by atoms with Gasteiger partial charge in [0, 0.05) is 60.0 Å². The van der Waals surface area contributed by atoms with Crippen molar-refractivity contribution in [3.8, 4) is 6.07 Å². The number of aromatic amines is 1. The molecule has 0 aliphatic carbocycles. The first-order valence-electron chi connectivity index (χ1n) is 11.1. The van der Waals surface area contributed by atoms with E-state index in [0.717, 1.165) is 59.0 Å². The zero-order chi connectivity index (χ0) is 21.4. The number of H-pyrrole nitrogens is 1. The van der Waals surface area contributed by atoms with Crippen molar-refractivity contribution < 1.29 is 0 Å². The molecule has 2 bridgehead atoms. The van der Waals surface area contributed by atoms with Gasteiger partial charge in [-0.15, -0.1) is 0 Å². The fraction of sp³-hybridized carbons (Fsp3) is 0.478. The maximum Gasteiger partial charge on any atom is 0.156 e. The third-order valence-corrected chi connectivity index (χ3v) is 6.81. The van der Waals surface area contributed by atoms with Crippen LogP contribution < -0.4 is 10.6 Å². The highest BCUT2D eigenvalue weighted by molar-refractivity contribution is 5.91. The van der Waals surface area contributed by atoms with Crippen LogP contribution in [0.2, 0.25) is 0 Å². The quantitative estimate of drug-likeness (QED) is 0.557. The Kier molecular flexibility index (Phi) is 5.20. The first-order chi connectivity index (χ1) is 15.1. The maximum atomic E-state index is 8.97. The minimum absolute atomic E-state index is 0.372. The van der Waals surface area contributed by atoms with E-state index in [-0.39, 0.29) is 0 Å². The first-order valence-corrected chi connectivity index (χ1v) is 11.1. The number of nitrogens with one attached hydrogen (secondary N) is 3. The molecule has 2 saturated heterocycles. The molecular formula is C23H28N8. The Labute approximate surface area is 182 Å². The highest BCUT2D eigenvalue weighted by Gasteiger charge is 2.40. The van der Waals surface area contributed by atoms with Crippen molar-refractivity contribution in [2.75, 3.05) is 17.2 Å². The Morgan fingerprint density at radius 1 is 1.23 bits per heavy atom. The zero-order valence-electron chi connectivity index (χ0n) is 18.0. The third kappa shape index (κ3) is 3.81. The van der Waals surface area contributed by atoms with Crippen LogP contribution in [0.5, 0.6) is 0 Å². The lowest BCUT2D eigenvalue weighted by Crippen LogP contribution is -2.47. The molecule has 2 fully saturated rings. The average Bonchev–Trinajstić information content (AvgIpc) is 3.21. The summed E-state index contributed by atoms with van der Waals surface area (Å²) < 4.78 is 0. The van der Waals surface area contributed by atoms with Crippen LogP contribution >= 0.6 is 0 Å². The van der Waals surface area contributed by atoms with Crippen LogP contribution in [-0.2, 0) is 0 Å². The molecule has 5 rings (SSSR count). The number of aryl methyl sites for hydroxylation is 1. The van der Waals surface area contributed by atoms with Crippen LogP contribution in [0.3, 0.4) is 0 Å². The van der Waals surface area contributed by atoms with E-state index in [1.54, 1.807) is 0 Å². The lowest BCUT2D eigenvalue weighted by Gasteiger charge is -2.39. The Balaban J connectivity index is 1.39. The minimum Gasteiger partial charge on any atom is -0.367 e. The van der Waals surface area contributed by atoms with Crippen LogP contribution in [0, 0.1) is 25.2 Å². The standard InChI is InChI=1S/C23H28N8/c1-14-15(2)29-30-22(14)27-21-13-20-19(5-3-9-25-20)23(28-21)26-16-11-17-6-7-18(12-16)31(17)10-4-8-24/h3,5,9,13,16-18H,4,6-7,10-12H2,1-2H3,(H3,26,27,28,29,30)/t16?,17-,18+. The van der Waals surface area contributed by atoms with Gasteiger partial charge >= 0.3 is 0 Å². The molecule has 31 heavy (non-hydrogen) atoms. The molecule has 3 atom stereocenters. The van der Waals surface area contributed by atoms with Gasteiger partial charge in [0.05, 0.1) is 11.6 Å². The van der Waals surface area contributed by atoms with E-state index in [0.29, 0.717) is 24.5 Å². The molecule has 3 aromatic rings. The van der Waals surface area contributed by atoms with Crippen LogP contribution in [0.15, 0.2) is 24.4 Å². The van der Waals surface area contributed by atoms with Gasteiger partial charge in [0.1, 0.15) is 11.6 Å². The Hall–Kier alpha value is -3.18. The molecule has 1 unspecified atom stereocenters. The zero-order valence-corrected chi connectivity index (χ0v) is 18.0. The number of nitriles is 1. The molecule has 0 amide bonds. The van der Waals surface area contributed by atoms with Gasteiger partial charge in [-0.3, -0.25) is 15.0 Å². The molecule has 3 N–H and O–H groups in total. The molecule has 8 nitrogen and oxygen atoms in total. The largest absolute Gasteiger partial charge is 0.367 e. The third-order valence-electron chi connectivity index (χ3n) is 6.81. The van der Waals surface area contributed by atoms with Crippen molar-refractivity contribution in [3.05, 3.63) is 35.7 Å². The van der Waals surface area contributed by atoms with Crippen molar-refractivity contribution >= 4 is 28.4 Å². The molecular weight excluding hydrogens is 388 g/mol. The lowest BCUT2D eigenvalue weighted by molar-refractivity contribution is 0.136. The monoisotopic (exact) mass is 416 g/mol. The highest BCUT2D eigenvalue weighted by atomic mass is 15.2. The fourth-order valence-corrected chi connectivity index (χ4v) is 5.11. The normalized spacial score (nSPS) is 23.1. The van der Waals surface area contributed by atoms with E-state index in [2.05, 4.69) is 42.9 Å². The molecule has 0 saturated carbocycles. The summed E-state index contributed by atoms with van der Waals surface area (Å²) in [6.45, 7) is 4.94. The summed E-state index contributed by atoms with van der Waals surface area (Å²) in [5, 5.41) is 24.5. The van der Waals surface area contributed by atoms with Gasteiger partial charge in [-0.25, -0.2) is 4.98 Å². The predicted molar refractivity (Wildman–Crippen MR) is 121 cm³/mol. The summed E-state index contributed by atoms with van der Waals surface area (Å²) in [5.74, 6) is 2.39. The van der Waals surface area contributed by atoms with Crippen LogP contribution in [0.4, 0.5) is 17.5 Å². The van der Waals surface area contributed by atoms with E-state index in [9.17, 15) is 0 Å². The van der Waals surface area contributed by atoms with E-state index in [4.69, 9.17) is 10.2 Å². The number of pyridine rings is 2. The van der Waals surface area contributed by atoms with Crippen molar-refractivity contribution in [1.29, 1.82) is 5.26 Å². The van der Waals surface area contributed by atoms with Gasteiger partial charge in [0.2, 0.25) is 0 Å². The second kappa shape index (κ2) is 8.16. The second-order valence-corrected chi connectivity index (χ2v) is 8.72. The minimum atomic E-state index is 0.372. The van der Waals surface area contributed by atoms with E-state index in [1.807, 2.05) is 32.2 Å². The summed E-state index contributed by atoms with van der Waals surface area (Å²) in [6, 6.07) is 9.79. The van der Waals surface area contributed by atoms with Crippen LogP contribution in [0.1, 0.15) is 43.4 Å². The summed E-state index contributed by atoms with van der Waals surface area (Å²) in [7, 11) is 0. The number of hydrogen-bond donors (Lipinski definition) is 3. The number of piperidine rings is 1. The SMILES string of the molecule is Cc1[nH]nc(Nc2cc3ncccc3c(NC3C[C@H]4CC[C@@H](C3)N4CCC#N)n2)c1C. The summed E-state index contributed by atoms with van der Waals surface area (Å²) in [5.41, 5.74) is 3.03. The smallest absolute Gasteiger partial charge is 0.156 e. The van der Waals surface area contributed by atoms with E-state index < -0.39 is 0 Å². The number of nitrogens with zero attached hydrogens (tertiary/aromatic N) is 5. The average molecular weight is 417 g/mol. The predicted octanol–water partition coefficient (Wildman–Crippen LogP) is 4.03. The topological polar surface area (TPSA) is 106 Å². The van der Waals surface area contributed by atoms with Crippen LogP contribution in [-0.4, -0.2) is 49.7 Å². The lowest BCUT2D eigenvalue weighted by atomic mass is 9.97. The number of hydrogen-bond acceptors (Lipinski definition) is 7. The molecule has 5 heterocycles. The van der Waals surface area contributed by atoms with Crippen LogP contribution in [0.25, 0.3) is 10.9 Å². The van der Waals surface area contributed by atoms with Crippen molar-refractivity contribution in [3.63, 3.8) is 0 Å². The molecule has 8 heteroatoms. The molecule has 0 aromatic carbocycles. The Bertz CT molecular complexity index is 1120.